The number of aromatic nitrogens is 4. The molecule has 1 aliphatic heterocycles. The predicted octanol–water partition coefficient (Wildman–Crippen LogP) is 4.51. The third kappa shape index (κ3) is 5.57. The Labute approximate surface area is 221 Å². The van der Waals surface area contributed by atoms with Crippen molar-refractivity contribution < 1.29 is 9.32 Å². The maximum absolute atomic E-state index is 12.2. The van der Waals surface area contributed by atoms with E-state index in [4.69, 9.17) is 10.1 Å². The molecule has 6 rings (SSSR count). The molecule has 9 heteroatoms. The molecule has 2 aromatic heterocycles. The molecule has 1 unspecified atom stereocenters. The molecular weight excluding hydrogens is 484 g/mol. The molecule has 1 atom stereocenters. The maximum atomic E-state index is 12.2. The molecule has 2 aliphatic carbocycles. The normalized spacial score (nSPS) is 19.9. The second-order valence-electron chi connectivity index (χ2n) is 11.0. The van der Waals surface area contributed by atoms with Gasteiger partial charge in [-0.25, -0.2) is 8.89 Å². The molecule has 1 aromatic carbocycles. The van der Waals surface area contributed by atoms with E-state index in [9.17, 15) is 4.21 Å². The average molecular weight is 521 g/mol. The number of hydrogen-bond acceptors (Lipinski definition) is 6. The number of aliphatic hydroxyl groups is 1. The van der Waals surface area contributed by atoms with Crippen molar-refractivity contribution in [1.82, 2.24) is 20.0 Å². The minimum absolute atomic E-state index is 0.115. The summed E-state index contributed by atoms with van der Waals surface area (Å²) in [6.07, 6.45) is 13.4. The van der Waals surface area contributed by atoms with Gasteiger partial charge in [0.1, 0.15) is 16.7 Å². The summed E-state index contributed by atoms with van der Waals surface area (Å²) in [5.41, 5.74) is 6.11. The maximum Gasteiger partial charge on any atom is 0.131 e. The van der Waals surface area contributed by atoms with Crippen LogP contribution >= 0.6 is 0 Å². The molecule has 3 aliphatic rings. The highest BCUT2D eigenvalue weighted by atomic mass is 32.2. The molecule has 8 nitrogen and oxygen atoms in total. The zero-order chi connectivity index (χ0) is 25.2. The van der Waals surface area contributed by atoms with Gasteiger partial charge in [0.2, 0.25) is 0 Å². The number of aliphatic hydroxyl groups excluding tert-OH is 1. The van der Waals surface area contributed by atoms with Crippen molar-refractivity contribution in [1.29, 1.82) is 0 Å². The van der Waals surface area contributed by atoms with Crippen LogP contribution in [0.3, 0.4) is 0 Å². The summed E-state index contributed by atoms with van der Waals surface area (Å²) in [6.45, 7) is 1.89. The lowest BCUT2D eigenvalue weighted by Gasteiger charge is -2.35. The summed E-state index contributed by atoms with van der Waals surface area (Å²) in [7, 11) is -1.32. The van der Waals surface area contributed by atoms with Crippen LogP contribution in [0.2, 0.25) is 0 Å². The molecule has 1 spiro atoms. The third-order valence-corrected chi connectivity index (χ3v) is 9.40. The van der Waals surface area contributed by atoms with Gasteiger partial charge in [0.05, 0.1) is 35.6 Å². The molecule has 3 heterocycles. The fraction of sp³-hybridized carbons (Fsp3) is 0.536. The Balaban J connectivity index is 1.27. The van der Waals surface area contributed by atoms with Crippen molar-refractivity contribution >= 4 is 22.4 Å². The monoisotopic (exact) mass is 520 g/mol. The van der Waals surface area contributed by atoms with Gasteiger partial charge < -0.3 is 14.7 Å². The van der Waals surface area contributed by atoms with Gasteiger partial charge >= 0.3 is 0 Å². The third-order valence-electron chi connectivity index (χ3n) is 8.39. The van der Waals surface area contributed by atoms with Crippen LogP contribution in [-0.2, 0) is 17.4 Å². The highest BCUT2D eigenvalue weighted by Crippen LogP contribution is 2.54. The number of piperidine rings is 1. The minimum Gasteiger partial charge on any atom is -0.395 e. The Morgan fingerprint density at radius 1 is 1.03 bits per heavy atom. The lowest BCUT2D eigenvalue weighted by Crippen LogP contribution is -2.35. The van der Waals surface area contributed by atoms with Gasteiger partial charge in [0.25, 0.3) is 0 Å². The van der Waals surface area contributed by atoms with Crippen LogP contribution < -0.4 is 9.62 Å². The summed E-state index contributed by atoms with van der Waals surface area (Å²) in [5.74, 6) is 0.946. The van der Waals surface area contributed by atoms with Gasteiger partial charge in [-0.2, -0.15) is 0 Å². The first kappa shape index (κ1) is 24.6. The van der Waals surface area contributed by atoms with Crippen LogP contribution in [0.4, 0.5) is 11.4 Å². The molecule has 37 heavy (non-hydrogen) atoms. The smallest absolute Gasteiger partial charge is 0.131 e. The van der Waals surface area contributed by atoms with Crippen molar-refractivity contribution in [2.24, 2.45) is 11.3 Å². The molecule has 2 N–H and O–H groups in total. The molecule has 3 aromatic rings. The molecule has 1 saturated heterocycles. The lowest BCUT2D eigenvalue weighted by atomic mass is 9.93. The highest BCUT2D eigenvalue weighted by Gasteiger charge is 2.44. The molecular formula is C28H36N6O2S. The Morgan fingerprint density at radius 3 is 2.59 bits per heavy atom. The van der Waals surface area contributed by atoms with E-state index >= 15 is 0 Å². The molecule has 2 saturated carbocycles. The molecule has 3 fully saturated rings. The number of pyridine rings is 1. The number of anilines is 2. The second-order valence-corrected chi connectivity index (χ2v) is 12.3. The van der Waals surface area contributed by atoms with Gasteiger partial charge in [0, 0.05) is 24.5 Å². The van der Waals surface area contributed by atoms with Crippen LogP contribution in [0.1, 0.15) is 57.1 Å². The number of nitrogens with zero attached hydrogens (tertiary/aromatic N) is 5. The fourth-order valence-electron chi connectivity index (χ4n) is 5.94. The van der Waals surface area contributed by atoms with Crippen LogP contribution in [0.15, 0.2) is 42.6 Å². The molecule has 0 amide bonds. The first-order valence-corrected chi connectivity index (χ1v) is 15.0. The first-order chi connectivity index (χ1) is 18.1. The van der Waals surface area contributed by atoms with Crippen molar-refractivity contribution in [3.05, 3.63) is 48.3 Å². The van der Waals surface area contributed by atoms with E-state index in [1.165, 1.54) is 51.4 Å². The Bertz CT molecular complexity index is 1260. The van der Waals surface area contributed by atoms with E-state index in [0.29, 0.717) is 5.41 Å². The van der Waals surface area contributed by atoms with Crippen LogP contribution in [0, 0.1) is 11.3 Å². The van der Waals surface area contributed by atoms with E-state index in [1.807, 2.05) is 29.1 Å². The number of hydrogen-bond donors (Lipinski definition) is 2. The topological polar surface area (TPSA) is 96.2 Å². The Morgan fingerprint density at radius 2 is 1.84 bits per heavy atom. The summed E-state index contributed by atoms with van der Waals surface area (Å²) in [4.78, 5) is 7.34. The van der Waals surface area contributed by atoms with Crippen LogP contribution in [0.5, 0.6) is 0 Å². The summed E-state index contributed by atoms with van der Waals surface area (Å²) < 4.78 is 17.1. The van der Waals surface area contributed by atoms with Crippen LogP contribution in [-0.4, -0.2) is 54.7 Å². The van der Waals surface area contributed by atoms with E-state index < -0.39 is 11.0 Å². The number of benzene rings is 1. The van der Waals surface area contributed by atoms with Crippen molar-refractivity contribution in [3.63, 3.8) is 0 Å². The van der Waals surface area contributed by atoms with Gasteiger partial charge in [-0.05, 0) is 73.8 Å². The summed E-state index contributed by atoms with van der Waals surface area (Å²) >= 11 is 0. The predicted molar refractivity (Wildman–Crippen MR) is 147 cm³/mol. The first-order valence-electron chi connectivity index (χ1n) is 13.6. The number of nitrogens with one attached hydrogen (secondary N) is 1. The summed E-state index contributed by atoms with van der Waals surface area (Å²) in [6, 6.07) is 12.2. The summed E-state index contributed by atoms with van der Waals surface area (Å²) in [5, 5.41) is 18.1. The van der Waals surface area contributed by atoms with E-state index in [1.54, 1.807) is 0 Å². The standard InChI is InChI=1S/C28H36N6O2S/c35-16-17-37(36)31-23-8-9-26(27(19-23)33-14-12-28(10-11-28)13-15-33)34-20-25(30-32-34)24-7-3-6-22(29-24)18-21-4-1-2-5-21/h3,6-9,19-21,31,35H,1-2,4-5,10-18H2. The average Bonchev–Trinajstić information content (AvgIpc) is 3.27. The minimum atomic E-state index is -1.32. The zero-order valence-electron chi connectivity index (χ0n) is 21.3. The van der Waals surface area contributed by atoms with Gasteiger partial charge in [-0.1, -0.05) is 37.0 Å². The quantitative estimate of drug-likeness (QED) is 0.431. The molecule has 196 valence electrons. The SMILES string of the molecule is O=S(CCO)Nc1ccc(-n2cc(-c3cccc(CC4CCCC4)n3)nn2)c(N2CCC3(CC2)CC3)c1. The Kier molecular flexibility index (Phi) is 6.99. The van der Waals surface area contributed by atoms with Crippen molar-refractivity contribution in [2.75, 3.05) is 35.1 Å². The van der Waals surface area contributed by atoms with E-state index in [-0.39, 0.29) is 12.4 Å². The lowest BCUT2D eigenvalue weighted by molar-refractivity contribution is 0.321. The van der Waals surface area contributed by atoms with Crippen LogP contribution in [0.25, 0.3) is 17.1 Å². The van der Waals surface area contributed by atoms with E-state index in [2.05, 4.69) is 38.1 Å². The zero-order valence-corrected chi connectivity index (χ0v) is 22.1. The van der Waals surface area contributed by atoms with Crippen molar-refractivity contribution in [2.45, 2.75) is 57.8 Å². The van der Waals surface area contributed by atoms with Gasteiger partial charge in [-0.15, -0.1) is 5.10 Å². The Hall–Kier alpha value is -2.78. The molecule has 0 bridgehead atoms. The highest BCUT2D eigenvalue weighted by molar-refractivity contribution is 7.86. The van der Waals surface area contributed by atoms with Gasteiger partial charge in [-0.3, -0.25) is 4.98 Å². The second kappa shape index (κ2) is 10.5. The number of rotatable bonds is 9. The molecule has 0 radical (unpaired) electrons. The van der Waals surface area contributed by atoms with Crippen molar-refractivity contribution in [3.8, 4) is 17.1 Å². The van der Waals surface area contributed by atoms with E-state index in [0.717, 1.165) is 59.6 Å². The fourth-order valence-corrected chi connectivity index (χ4v) is 6.60. The van der Waals surface area contributed by atoms with Gasteiger partial charge in [0.15, 0.2) is 0 Å². The largest absolute Gasteiger partial charge is 0.395 e.